The van der Waals surface area contributed by atoms with Gasteiger partial charge in [0.05, 0.1) is 6.04 Å². The highest BCUT2D eigenvalue weighted by atomic mass is 35.5. The summed E-state index contributed by atoms with van der Waals surface area (Å²) in [5, 5.41) is 3.68. The maximum Gasteiger partial charge on any atom is 0.270 e. The summed E-state index contributed by atoms with van der Waals surface area (Å²) in [5.41, 5.74) is 1.43. The number of aromatic nitrogens is 1. The first-order valence-corrected chi connectivity index (χ1v) is 7.21. The SMILES string of the molecule is O=C(N[C@H]1CCO[C@H]1c1ccc(Cl)cc1)c1ccccn1. The molecule has 1 aliphatic rings. The van der Waals surface area contributed by atoms with Gasteiger partial charge in [0, 0.05) is 17.8 Å². The quantitative estimate of drug-likeness (QED) is 0.948. The lowest BCUT2D eigenvalue weighted by molar-refractivity contribution is 0.0818. The van der Waals surface area contributed by atoms with Gasteiger partial charge in [-0.1, -0.05) is 29.8 Å². The Labute approximate surface area is 128 Å². The van der Waals surface area contributed by atoms with Gasteiger partial charge in [-0.2, -0.15) is 0 Å². The van der Waals surface area contributed by atoms with Crippen LogP contribution < -0.4 is 5.32 Å². The van der Waals surface area contributed by atoms with Crippen molar-refractivity contribution in [2.45, 2.75) is 18.6 Å². The zero-order chi connectivity index (χ0) is 14.7. The molecule has 1 amide bonds. The number of hydrogen-bond acceptors (Lipinski definition) is 3. The number of nitrogens with zero attached hydrogens (tertiary/aromatic N) is 1. The summed E-state index contributed by atoms with van der Waals surface area (Å²) in [6.07, 6.45) is 2.25. The fraction of sp³-hybridized carbons (Fsp3) is 0.250. The fourth-order valence-corrected chi connectivity index (χ4v) is 2.58. The Kier molecular flexibility index (Phi) is 4.18. The molecular weight excluding hydrogens is 288 g/mol. The zero-order valence-corrected chi connectivity index (χ0v) is 12.1. The molecule has 108 valence electrons. The number of halogens is 1. The van der Waals surface area contributed by atoms with Crippen molar-refractivity contribution in [2.24, 2.45) is 0 Å². The van der Waals surface area contributed by atoms with Crippen molar-refractivity contribution in [3.8, 4) is 0 Å². The van der Waals surface area contributed by atoms with Gasteiger partial charge < -0.3 is 10.1 Å². The largest absolute Gasteiger partial charge is 0.371 e. The predicted molar refractivity (Wildman–Crippen MR) is 80.3 cm³/mol. The lowest BCUT2D eigenvalue weighted by Gasteiger charge is -2.20. The van der Waals surface area contributed by atoms with Gasteiger partial charge in [-0.05, 0) is 36.2 Å². The third kappa shape index (κ3) is 3.23. The molecular formula is C16H15ClN2O2. The predicted octanol–water partition coefficient (Wildman–Crippen LogP) is 3.00. The van der Waals surface area contributed by atoms with Gasteiger partial charge in [-0.25, -0.2) is 0 Å². The summed E-state index contributed by atoms with van der Waals surface area (Å²) in [5.74, 6) is -0.176. The molecule has 0 saturated carbocycles. The minimum absolute atomic E-state index is 0.0549. The summed E-state index contributed by atoms with van der Waals surface area (Å²) in [4.78, 5) is 16.2. The van der Waals surface area contributed by atoms with Crippen molar-refractivity contribution in [1.82, 2.24) is 10.3 Å². The summed E-state index contributed by atoms with van der Waals surface area (Å²) in [6.45, 7) is 0.625. The highest BCUT2D eigenvalue weighted by molar-refractivity contribution is 6.30. The van der Waals surface area contributed by atoms with Crippen LogP contribution in [0.15, 0.2) is 48.7 Å². The van der Waals surface area contributed by atoms with Crippen LogP contribution in [-0.4, -0.2) is 23.5 Å². The molecule has 4 nitrogen and oxygen atoms in total. The molecule has 1 aromatic heterocycles. The topological polar surface area (TPSA) is 51.2 Å². The molecule has 2 aromatic rings. The smallest absolute Gasteiger partial charge is 0.270 e. The van der Waals surface area contributed by atoms with Crippen LogP contribution in [0.5, 0.6) is 0 Å². The van der Waals surface area contributed by atoms with Gasteiger partial charge in [0.25, 0.3) is 5.91 Å². The molecule has 1 saturated heterocycles. The molecule has 0 unspecified atom stereocenters. The van der Waals surface area contributed by atoms with Crippen molar-refractivity contribution in [3.05, 3.63) is 64.9 Å². The Morgan fingerprint density at radius 3 is 2.76 bits per heavy atom. The number of nitrogens with one attached hydrogen (secondary N) is 1. The molecule has 0 radical (unpaired) electrons. The average molecular weight is 303 g/mol. The molecule has 0 spiro atoms. The van der Waals surface area contributed by atoms with Crippen molar-refractivity contribution in [3.63, 3.8) is 0 Å². The van der Waals surface area contributed by atoms with Crippen LogP contribution in [0.3, 0.4) is 0 Å². The Bertz CT molecular complexity index is 616. The Hall–Kier alpha value is -1.91. The first kappa shape index (κ1) is 14.0. The molecule has 1 aromatic carbocycles. The number of hydrogen-bond donors (Lipinski definition) is 1. The zero-order valence-electron chi connectivity index (χ0n) is 11.3. The van der Waals surface area contributed by atoms with E-state index in [1.165, 1.54) is 0 Å². The Morgan fingerprint density at radius 2 is 2.05 bits per heavy atom. The highest BCUT2D eigenvalue weighted by Gasteiger charge is 2.31. The summed E-state index contributed by atoms with van der Waals surface area (Å²) < 4.78 is 5.75. The normalized spacial score (nSPS) is 21.2. The second-order valence-corrected chi connectivity index (χ2v) is 5.36. The highest BCUT2D eigenvalue weighted by Crippen LogP contribution is 2.30. The Balaban J connectivity index is 1.72. The van der Waals surface area contributed by atoms with Gasteiger partial charge in [-0.3, -0.25) is 9.78 Å². The lowest BCUT2D eigenvalue weighted by Crippen LogP contribution is -2.37. The van der Waals surface area contributed by atoms with E-state index < -0.39 is 0 Å². The monoisotopic (exact) mass is 302 g/mol. The van der Waals surface area contributed by atoms with E-state index in [-0.39, 0.29) is 18.1 Å². The van der Waals surface area contributed by atoms with Gasteiger partial charge >= 0.3 is 0 Å². The lowest BCUT2D eigenvalue weighted by atomic mass is 10.0. The fourth-order valence-electron chi connectivity index (χ4n) is 2.46. The number of carbonyl (C=O) groups excluding carboxylic acids is 1. The maximum atomic E-state index is 12.2. The minimum atomic E-state index is -0.176. The number of carbonyl (C=O) groups is 1. The molecule has 21 heavy (non-hydrogen) atoms. The number of ether oxygens (including phenoxy) is 1. The second kappa shape index (κ2) is 6.24. The van der Waals surface area contributed by atoms with Crippen LogP contribution >= 0.6 is 11.6 Å². The average Bonchev–Trinajstić information content (AvgIpc) is 2.97. The number of rotatable bonds is 3. The summed E-state index contributed by atoms with van der Waals surface area (Å²) in [7, 11) is 0. The molecule has 3 rings (SSSR count). The first-order valence-electron chi connectivity index (χ1n) is 6.83. The minimum Gasteiger partial charge on any atom is -0.371 e. The molecule has 2 atom stereocenters. The van der Waals surface area contributed by atoms with Crippen LogP contribution in [-0.2, 0) is 4.74 Å². The van der Waals surface area contributed by atoms with Crippen molar-refractivity contribution in [2.75, 3.05) is 6.61 Å². The van der Waals surface area contributed by atoms with E-state index in [9.17, 15) is 4.79 Å². The van der Waals surface area contributed by atoms with Gasteiger partial charge in [0.2, 0.25) is 0 Å². The van der Waals surface area contributed by atoms with E-state index in [0.29, 0.717) is 17.3 Å². The molecule has 0 aliphatic carbocycles. The molecule has 1 fully saturated rings. The van der Waals surface area contributed by atoms with Crippen LogP contribution in [0.25, 0.3) is 0 Å². The van der Waals surface area contributed by atoms with E-state index in [4.69, 9.17) is 16.3 Å². The Morgan fingerprint density at radius 1 is 1.24 bits per heavy atom. The van der Waals surface area contributed by atoms with E-state index >= 15 is 0 Å². The standard InChI is InChI=1S/C16H15ClN2O2/c17-12-6-4-11(5-7-12)15-13(8-10-21-15)19-16(20)14-3-1-2-9-18-14/h1-7,9,13,15H,8,10H2,(H,19,20)/t13-,15-/m0/s1. The van der Waals surface area contributed by atoms with Crippen molar-refractivity contribution in [1.29, 1.82) is 0 Å². The third-order valence-corrected chi connectivity index (χ3v) is 3.76. The van der Waals surface area contributed by atoms with Crippen LogP contribution in [0, 0.1) is 0 Å². The van der Waals surface area contributed by atoms with Gasteiger partial charge in [-0.15, -0.1) is 0 Å². The van der Waals surface area contributed by atoms with E-state index in [2.05, 4.69) is 10.3 Å². The van der Waals surface area contributed by atoms with E-state index in [1.807, 2.05) is 24.3 Å². The number of pyridine rings is 1. The molecule has 5 heteroatoms. The van der Waals surface area contributed by atoms with Crippen LogP contribution in [0.1, 0.15) is 28.6 Å². The molecule has 0 bridgehead atoms. The van der Waals surface area contributed by atoms with Crippen molar-refractivity contribution >= 4 is 17.5 Å². The third-order valence-electron chi connectivity index (χ3n) is 3.50. The molecule has 2 heterocycles. The van der Waals surface area contributed by atoms with Crippen molar-refractivity contribution < 1.29 is 9.53 Å². The maximum absolute atomic E-state index is 12.2. The second-order valence-electron chi connectivity index (χ2n) is 4.93. The first-order chi connectivity index (χ1) is 10.2. The van der Waals surface area contributed by atoms with Crippen LogP contribution in [0.4, 0.5) is 0 Å². The van der Waals surface area contributed by atoms with Gasteiger partial charge in [0.1, 0.15) is 11.8 Å². The molecule has 1 N–H and O–H groups in total. The number of amides is 1. The summed E-state index contributed by atoms with van der Waals surface area (Å²) in [6, 6.07) is 12.7. The summed E-state index contributed by atoms with van der Waals surface area (Å²) >= 11 is 5.90. The van der Waals surface area contributed by atoms with E-state index in [0.717, 1.165) is 12.0 Å². The molecule has 1 aliphatic heterocycles. The van der Waals surface area contributed by atoms with E-state index in [1.54, 1.807) is 24.4 Å². The van der Waals surface area contributed by atoms with Gasteiger partial charge in [0.15, 0.2) is 0 Å². The number of benzene rings is 1. The van der Waals surface area contributed by atoms with Crippen LogP contribution in [0.2, 0.25) is 5.02 Å².